The molecule has 1 atom stereocenters. The van der Waals surface area contributed by atoms with Gasteiger partial charge in [-0.2, -0.15) is 26.3 Å². The van der Waals surface area contributed by atoms with Crippen molar-refractivity contribution < 1.29 is 36.2 Å². The van der Waals surface area contributed by atoms with E-state index in [2.05, 4.69) is 11.3 Å². The molecule has 90 valence electrons. The van der Waals surface area contributed by atoms with Crippen molar-refractivity contribution in [3.8, 4) is 0 Å². The highest BCUT2D eigenvalue weighted by molar-refractivity contribution is 4.99. The third-order valence-corrected chi connectivity index (χ3v) is 1.75. The standard InChI is InChI=1S/C7H8F6O2/c1-3-15-4(2)5(14,6(8,9)10)7(11,12)13/h3-4,14H,1H2,2H3. The molecule has 0 bridgehead atoms. The van der Waals surface area contributed by atoms with Crippen LogP contribution in [0.4, 0.5) is 26.3 Å². The van der Waals surface area contributed by atoms with Crippen molar-refractivity contribution in [1.82, 2.24) is 0 Å². The van der Waals surface area contributed by atoms with E-state index in [1.807, 2.05) is 0 Å². The molecule has 0 fully saturated rings. The minimum Gasteiger partial charge on any atom is -0.495 e. The highest BCUT2D eigenvalue weighted by Gasteiger charge is 2.74. The zero-order chi connectivity index (χ0) is 12.5. The lowest BCUT2D eigenvalue weighted by Crippen LogP contribution is -2.63. The Morgan fingerprint density at radius 2 is 1.47 bits per heavy atom. The normalized spacial score (nSPS) is 16.0. The van der Waals surface area contributed by atoms with Gasteiger partial charge in [-0.25, -0.2) is 0 Å². The second kappa shape index (κ2) is 3.92. The summed E-state index contributed by atoms with van der Waals surface area (Å²) < 4.78 is 76.5. The first-order chi connectivity index (χ1) is 6.48. The minimum atomic E-state index is -5.88. The van der Waals surface area contributed by atoms with E-state index in [4.69, 9.17) is 5.11 Å². The quantitative estimate of drug-likeness (QED) is 0.604. The molecule has 0 spiro atoms. The summed E-state index contributed by atoms with van der Waals surface area (Å²) in [5.41, 5.74) is -4.91. The summed E-state index contributed by atoms with van der Waals surface area (Å²) in [6, 6.07) is 0. The highest BCUT2D eigenvalue weighted by Crippen LogP contribution is 2.45. The van der Waals surface area contributed by atoms with Crippen molar-refractivity contribution in [2.45, 2.75) is 31.0 Å². The Morgan fingerprint density at radius 3 is 1.67 bits per heavy atom. The van der Waals surface area contributed by atoms with Crippen LogP contribution in [0, 0.1) is 0 Å². The second-order valence-corrected chi connectivity index (χ2v) is 2.71. The van der Waals surface area contributed by atoms with E-state index in [0.29, 0.717) is 13.2 Å². The zero-order valence-corrected chi connectivity index (χ0v) is 7.49. The number of rotatable bonds is 3. The third kappa shape index (κ3) is 2.36. The SMILES string of the molecule is C=COC(C)C(O)(C(F)(F)F)C(F)(F)F. The summed E-state index contributed by atoms with van der Waals surface area (Å²) in [5.74, 6) is 0. The molecule has 0 amide bonds. The van der Waals surface area contributed by atoms with Crippen molar-refractivity contribution in [3.05, 3.63) is 12.8 Å². The molecule has 2 nitrogen and oxygen atoms in total. The summed E-state index contributed by atoms with van der Waals surface area (Å²) in [7, 11) is 0. The molecule has 8 heteroatoms. The van der Waals surface area contributed by atoms with E-state index in [1.165, 1.54) is 0 Å². The molecule has 0 aromatic rings. The number of ether oxygens (including phenoxy) is 1. The predicted molar refractivity (Wildman–Crippen MR) is 37.8 cm³/mol. The summed E-state index contributed by atoms with van der Waals surface area (Å²) in [4.78, 5) is 0. The number of aliphatic hydroxyl groups is 1. The number of hydrogen-bond acceptors (Lipinski definition) is 2. The van der Waals surface area contributed by atoms with Crippen LogP contribution in [0.25, 0.3) is 0 Å². The van der Waals surface area contributed by atoms with Gasteiger partial charge in [0, 0.05) is 0 Å². The third-order valence-electron chi connectivity index (χ3n) is 1.75. The molecule has 0 rings (SSSR count). The maximum Gasteiger partial charge on any atom is 0.430 e. The van der Waals surface area contributed by atoms with Crippen LogP contribution in [0.15, 0.2) is 12.8 Å². The average Bonchev–Trinajstić information content (AvgIpc) is 1.99. The fourth-order valence-corrected chi connectivity index (χ4v) is 0.864. The molecule has 0 radical (unpaired) electrons. The first kappa shape index (κ1) is 14.1. The maximum absolute atomic E-state index is 12.1. The number of alkyl halides is 6. The summed E-state index contributed by atoms with van der Waals surface area (Å²) in [6.07, 6.45) is -13.9. The first-order valence-corrected chi connectivity index (χ1v) is 3.60. The highest BCUT2D eigenvalue weighted by atomic mass is 19.4. The van der Waals surface area contributed by atoms with Gasteiger partial charge in [0.15, 0.2) is 0 Å². The molecule has 15 heavy (non-hydrogen) atoms. The van der Waals surface area contributed by atoms with Gasteiger partial charge in [-0.3, -0.25) is 0 Å². The number of hydrogen-bond donors (Lipinski definition) is 1. The molecule has 0 saturated carbocycles. The van der Waals surface area contributed by atoms with Gasteiger partial charge in [0.1, 0.15) is 6.10 Å². The van der Waals surface area contributed by atoms with Crippen molar-refractivity contribution in [1.29, 1.82) is 0 Å². The summed E-state index contributed by atoms with van der Waals surface area (Å²) in [6.45, 7) is 3.26. The van der Waals surface area contributed by atoms with E-state index in [0.717, 1.165) is 0 Å². The van der Waals surface area contributed by atoms with E-state index < -0.39 is 24.1 Å². The first-order valence-electron chi connectivity index (χ1n) is 3.60. The molecule has 0 aliphatic rings. The van der Waals surface area contributed by atoms with Gasteiger partial charge in [0.05, 0.1) is 6.26 Å². The predicted octanol–water partition coefficient (Wildman–Crippen LogP) is 2.39. The fourth-order valence-electron chi connectivity index (χ4n) is 0.864. The van der Waals surface area contributed by atoms with E-state index in [1.54, 1.807) is 0 Å². The van der Waals surface area contributed by atoms with E-state index in [9.17, 15) is 26.3 Å². The molecular weight excluding hydrogens is 230 g/mol. The van der Waals surface area contributed by atoms with Crippen LogP contribution < -0.4 is 0 Å². The van der Waals surface area contributed by atoms with Crippen molar-refractivity contribution in [3.63, 3.8) is 0 Å². The molecule has 0 saturated heterocycles. The van der Waals surface area contributed by atoms with Crippen LogP contribution in [0.2, 0.25) is 0 Å². The summed E-state index contributed by atoms with van der Waals surface area (Å²) >= 11 is 0. The van der Waals surface area contributed by atoms with Crippen LogP contribution in [-0.4, -0.2) is 29.2 Å². The van der Waals surface area contributed by atoms with Crippen molar-refractivity contribution in [2.24, 2.45) is 0 Å². The molecule has 0 aliphatic carbocycles. The molecule has 0 aliphatic heterocycles. The molecule has 0 aromatic carbocycles. The molecular formula is C7H8F6O2. The van der Waals surface area contributed by atoms with Gasteiger partial charge >= 0.3 is 12.4 Å². The Morgan fingerprint density at radius 1 is 1.13 bits per heavy atom. The number of halogens is 6. The Balaban J connectivity index is 5.31. The topological polar surface area (TPSA) is 29.5 Å². The lowest BCUT2D eigenvalue weighted by molar-refractivity contribution is -0.389. The van der Waals surface area contributed by atoms with Crippen LogP contribution in [-0.2, 0) is 4.74 Å². The van der Waals surface area contributed by atoms with Crippen LogP contribution in [0.3, 0.4) is 0 Å². The maximum atomic E-state index is 12.1. The Hall–Kier alpha value is -0.920. The zero-order valence-electron chi connectivity index (χ0n) is 7.49. The lowest BCUT2D eigenvalue weighted by Gasteiger charge is -2.36. The smallest absolute Gasteiger partial charge is 0.430 e. The van der Waals surface area contributed by atoms with Gasteiger partial charge in [-0.15, -0.1) is 0 Å². The molecule has 1 N–H and O–H groups in total. The fraction of sp³-hybridized carbons (Fsp3) is 0.714. The Bertz CT molecular complexity index is 217. The minimum absolute atomic E-state index is 0.396. The van der Waals surface area contributed by atoms with Gasteiger partial charge in [0.2, 0.25) is 0 Å². The Labute approximate surface area is 81.1 Å². The second-order valence-electron chi connectivity index (χ2n) is 2.71. The van der Waals surface area contributed by atoms with Gasteiger partial charge in [-0.1, -0.05) is 6.58 Å². The summed E-state index contributed by atoms with van der Waals surface area (Å²) in [5, 5.41) is 8.66. The van der Waals surface area contributed by atoms with Crippen molar-refractivity contribution in [2.75, 3.05) is 0 Å². The van der Waals surface area contributed by atoms with Crippen LogP contribution in [0.1, 0.15) is 6.92 Å². The molecule has 0 heterocycles. The lowest BCUT2D eigenvalue weighted by atomic mass is 9.96. The Kier molecular flexibility index (Phi) is 3.67. The van der Waals surface area contributed by atoms with Gasteiger partial charge in [0.25, 0.3) is 5.60 Å². The van der Waals surface area contributed by atoms with Crippen LogP contribution >= 0.6 is 0 Å². The van der Waals surface area contributed by atoms with Crippen LogP contribution in [0.5, 0.6) is 0 Å². The van der Waals surface area contributed by atoms with E-state index >= 15 is 0 Å². The monoisotopic (exact) mass is 238 g/mol. The largest absolute Gasteiger partial charge is 0.495 e. The van der Waals surface area contributed by atoms with Crippen molar-refractivity contribution >= 4 is 0 Å². The van der Waals surface area contributed by atoms with E-state index in [-0.39, 0.29) is 0 Å². The molecule has 0 aromatic heterocycles. The molecule has 1 unspecified atom stereocenters. The van der Waals surface area contributed by atoms with Gasteiger partial charge in [-0.05, 0) is 6.92 Å². The average molecular weight is 238 g/mol. The van der Waals surface area contributed by atoms with Gasteiger partial charge < -0.3 is 9.84 Å².